The molecule has 0 saturated carbocycles. The average Bonchev–Trinajstić information content (AvgIpc) is 3.30. The maximum Gasteiger partial charge on any atom is 0.173 e. The minimum Gasteiger partial charge on any atom is -0.497 e. The van der Waals surface area contributed by atoms with E-state index in [9.17, 15) is 4.39 Å². The standard InChI is InChI=1S/C24H31FN6O2.ClH/c1-24(2,3)31-23(26-27-28-31)22(20-16-19(32-4)10-11-21(20)33-5)30-14-12-29(13-15-30)18-8-6-17(25)7-9-18;/h6-11,16,22H,12-15H2,1-5H3;1H. The van der Waals surface area contributed by atoms with Crippen molar-refractivity contribution in [1.29, 1.82) is 0 Å². The van der Waals surface area contributed by atoms with Crippen LogP contribution < -0.4 is 14.4 Å². The summed E-state index contributed by atoms with van der Waals surface area (Å²) in [6, 6.07) is 12.2. The zero-order valence-corrected chi connectivity index (χ0v) is 21.0. The van der Waals surface area contributed by atoms with Gasteiger partial charge in [0.05, 0.1) is 19.8 Å². The molecule has 1 unspecified atom stereocenters. The van der Waals surface area contributed by atoms with E-state index in [2.05, 4.69) is 46.1 Å². The third-order valence-corrected chi connectivity index (χ3v) is 5.98. The van der Waals surface area contributed by atoms with Crippen LogP contribution in [0.4, 0.5) is 10.1 Å². The van der Waals surface area contributed by atoms with Gasteiger partial charge < -0.3 is 14.4 Å². The second-order valence-corrected chi connectivity index (χ2v) is 9.13. The number of aromatic nitrogens is 4. The van der Waals surface area contributed by atoms with Crippen molar-refractivity contribution < 1.29 is 13.9 Å². The van der Waals surface area contributed by atoms with Crippen LogP contribution in [0.15, 0.2) is 42.5 Å². The van der Waals surface area contributed by atoms with Gasteiger partial charge in [-0.1, -0.05) is 0 Å². The Kier molecular flexibility index (Phi) is 7.99. The Morgan fingerprint density at radius 1 is 0.941 bits per heavy atom. The molecule has 0 aliphatic carbocycles. The van der Waals surface area contributed by atoms with Gasteiger partial charge in [0.25, 0.3) is 0 Å². The van der Waals surface area contributed by atoms with Gasteiger partial charge in [0.1, 0.15) is 23.4 Å². The maximum absolute atomic E-state index is 13.4. The summed E-state index contributed by atoms with van der Waals surface area (Å²) in [5.74, 6) is 2.03. The topological polar surface area (TPSA) is 68.5 Å². The van der Waals surface area contributed by atoms with Crippen LogP contribution in [0.3, 0.4) is 0 Å². The fourth-order valence-corrected chi connectivity index (χ4v) is 4.28. The van der Waals surface area contributed by atoms with Crippen LogP contribution in [-0.2, 0) is 5.54 Å². The number of piperazine rings is 1. The molecule has 1 fully saturated rings. The molecule has 1 atom stereocenters. The van der Waals surface area contributed by atoms with Crippen molar-refractivity contribution in [2.45, 2.75) is 32.4 Å². The molecule has 8 nitrogen and oxygen atoms in total. The lowest BCUT2D eigenvalue weighted by Gasteiger charge is -2.40. The number of nitrogens with zero attached hydrogens (tertiary/aromatic N) is 6. The molecule has 2 heterocycles. The zero-order chi connectivity index (χ0) is 23.6. The molecular formula is C24H32ClFN6O2. The second kappa shape index (κ2) is 10.6. The van der Waals surface area contributed by atoms with E-state index in [1.807, 2.05) is 35.0 Å². The predicted octanol–water partition coefficient (Wildman–Crippen LogP) is 3.92. The average molecular weight is 491 g/mol. The number of rotatable bonds is 6. The molecule has 10 heteroatoms. The number of tetrazole rings is 1. The molecule has 0 N–H and O–H groups in total. The Balaban J connectivity index is 0.00000324. The second-order valence-electron chi connectivity index (χ2n) is 9.13. The SMILES string of the molecule is COc1ccc(OC)c(C(c2nnnn2C(C)(C)C)N2CCN(c3ccc(F)cc3)CC2)c1.Cl. The molecule has 1 aliphatic heterocycles. The molecule has 1 saturated heterocycles. The first-order valence-electron chi connectivity index (χ1n) is 11.1. The fraction of sp³-hybridized carbons (Fsp3) is 0.458. The number of methoxy groups -OCH3 is 2. The van der Waals surface area contributed by atoms with Crippen LogP contribution in [-0.4, -0.2) is 65.5 Å². The van der Waals surface area contributed by atoms with Gasteiger partial charge in [-0.3, -0.25) is 4.90 Å². The van der Waals surface area contributed by atoms with Crippen molar-refractivity contribution in [1.82, 2.24) is 25.1 Å². The summed E-state index contributed by atoms with van der Waals surface area (Å²) in [5, 5.41) is 12.8. The van der Waals surface area contributed by atoms with E-state index in [0.29, 0.717) is 0 Å². The van der Waals surface area contributed by atoms with Gasteiger partial charge in [0, 0.05) is 37.4 Å². The monoisotopic (exact) mass is 490 g/mol. The molecule has 34 heavy (non-hydrogen) atoms. The van der Waals surface area contributed by atoms with E-state index in [4.69, 9.17) is 9.47 Å². The molecule has 0 spiro atoms. The number of hydrogen-bond acceptors (Lipinski definition) is 7. The van der Waals surface area contributed by atoms with Crippen LogP contribution in [0.5, 0.6) is 11.5 Å². The normalized spacial score (nSPS) is 15.5. The van der Waals surface area contributed by atoms with Crippen LogP contribution in [0.25, 0.3) is 0 Å². The first-order chi connectivity index (χ1) is 15.8. The molecule has 1 aromatic heterocycles. The Morgan fingerprint density at radius 2 is 1.62 bits per heavy atom. The summed E-state index contributed by atoms with van der Waals surface area (Å²) in [4.78, 5) is 4.63. The van der Waals surface area contributed by atoms with E-state index >= 15 is 0 Å². The van der Waals surface area contributed by atoms with Crippen LogP contribution in [0.2, 0.25) is 0 Å². The quantitative estimate of drug-likeness (QED) is 0.518. The molecular weight excluding hydrogens is 459 g/mol. The minimum atomic E-state index is -0.293. The molecule has 1 aliphatic rings. The molecule has 0 amide bonds. The number of halogens is 2. The Morgan fingerprint density at radius 3 is 2.21 bits per heavy atom. The van der Waals surface area contributed by atoms with Crippen molar-refractivity contribution in [3.05, 3.63) is 59.7 Å². The highest BCUT2D eigenvalue weighted by Crippen LogP contribution is 2.38. The Hall–Kier alpha value is -2.91. The highest BCUT2D eigenvalue weighted by Gasteiger charge is 2.35. The van der Waals surface area contributed by atoms with Crippen molar-refractivity contribution in [2.75, 3.05) is 45.3 Å². The predicted molar refractivity (Wildman–Crippen MR) is 132 cm³/mol. The van der Waals surface area contributed by atoms with E-state index in [1.54, 1.807) is 14.2 Å². The van der Waals surface area contributed by atoms with Gasteiger partial charge in [-0.15, -0.1) is 17.5 Å². The molecule has 2 aromatic carbocycles. The summed E-state index contributed by atoms with van der Waals surface area (Å²) in [6.45, 7) is 9.40. The summed E-state index contributed by atoms with van der Waals surface area (Å²) in [7, 11) is 3.32. The van der Waals surface area contributed by atoms with E-state index < -0.39 is 0 Å². The Bertz CT molecular complexity index is 1080. The Labute approximate surface area is 206 Å². The summed E-state index contributed by atoms with van der Waals surface area (Å²) in [6.07, 6.45) is 0. The van der Waals surface area contributed by atoms with Gasteiger partial charge >= 0.3 is 0 Å². The summed E-state index contributed by atoms with van der Waals surface area (Å²) >= 11 is 0. The van der Waals surface area contributed by atoms with Crippen molar-refractivity contribution in [2.24, 2.45) is 0 Å². The molecule has 4 rings (SSSR count). The van der Waals surface area contributed by atoms with E-state index in [1.165, 1.54) is 12.1 Å². The van der Waals surface area contributed by atoms with Gasteiger partial charge in [-0.2, -0.15) is 0 Å². The highest BCUT2D eigenvalue weighted by atomic mass is 35.5. The third kappa shape index (κ3) is 5.26. The molecule has 0 radical (unpaired) electrons. The lowest BCUT2D eigenvalue weighted by Crippen LogP contribution is -2.48. The van der Waals surface area contributed by atoms with Crippen LogP contribution in [0.1, 0.15) is 38.2 Å². The van der Waals surface area contributed by atoms with Crippen molar-refractivity contribution in [3.8, 4) is 11.5 Å². The molecule has 184 valence electrons. The first kappa shape index (κ1) is 25.7. The maximum atomic E-state index is 13.4. The van der Waals surface area contributed by atoms with Crippen molar-refractivity contribution >= 4 is 18.1 Å². The number of hydrogen-bond donors (Lipinski definition) is 0. The van der Waals surface area contributed by atoms with E-state index in [-0.39, 0.29) is 29.8 Å². The summed E-state index contributed by atoms with van der Waals surface area (Å²) < 4.78 is 26.5. The van der Waals surface area contributed by atoms with Crippen LogP contribution >= 0.6 is 12.4 Å². The minimum absolute atomic E-state index is 0. The summed E-state index contributed by atoms with van der Waals surface area (Å²) in [5.41, 5.74) is 1.68. The molecule has 0 bridgehead atoms. The number of ether oxygens (including phenoxy) is 2. The third-order valence-electron chi connectivity index (χ3n) is 5.98. The van der Waals surface area contributed by atoms with Crippen LogP contribution in [0, 0.1) is 5.82 Å². The highest BCUT2D eigenvalue weighted by molar-refractivity contribution is 5.85. The van der Waals surface area contributed by atoms with Gasteiger partial charge in [0.2, 0.25) is 0 Å². The number of benzene rings is 2. The smallest absolute Gasteiger partial charge is 0.173 e. The van der Waals surface area contributed by atoms with Crippen molar-refractivity contribution in [3.63, 3.8) is 0 Å². The lowest BCUT2D eigenvalue weighted by atomic mass is 10.00. The van der Waals surface area contributed by atoms with Gasteiger partial charge in [-0.05, 0) is 73.7 Å². The fourth-order valence-electron chi connectivity index (χ4n) is 4.28. The first-order valence-corrected chi connectivity index (χ1v) is 11.1. The lowest BCUT2D eigenvalue weighted by molar-refractivity contribution is 0.188. The van der Waals surface area contributed by atoms with Gasteiger partial charge in [-0.25, -0.2) is 9.07 Å². The van der Waals surface area contributed by atoms with Gasteiger partial charge in [0.15, 0.2) is 5.82 Å². The largest absolute Gasteiger partial charge is 0.497 e. The zero-order valence-electron chi connectivity index (χ0n) is 20.2. The number of anilines is 1. The van der Waals surface area contributed by atoms with E-state index in [0.717, 1.165) is 54.8 Å². The molecule has 3 aromatic rings.